The van der Waals surface area contributed by atoms with Gasteiger partial charge in [0.2, 0.25) is 0 Å². The average Bonchev–Trinajstić information content (AvgIpc) is 3.28. The molecule has 63 heavy (non-hydrogen) atoms. The number of allylic oxidation sites excluding steroid dienone is 6. The molecule has 0 aromatic rings. The highest BCUT2D eigenvalue weighted by atomic mass is 16.6. The lowest BCUT2D eigenvalue weighted by atomic mass is 10.0. The lowest BCUT2D eigenvalue weighted by molar-refractivity contribution is -0.167. The van der Waals surface area contributed by atoms with Crippen molar-refractivity contribution in [2.75, 3.05) is 13.2 Å². The zero-order valence-electron chi connectivity index (χ0n) is 42.1. The molecule has 0 aromatic carbocycles. The lowest BCUT2D eigenvalue weighted by Crippen LogP contribution is -2.30. The predicted octanol–water partition coefficient (Wildman–Crippen LogP) is 18.1. The number of hydrogen-bond donors (Lipinski definition) is 0. The molecule has 0 heterocycles. The molecule has 6 heteroatoms. The van der Waals surface area contributed by atoms with Crippen LogP contribution >= 0.6 is 0 Å². The van der Waals surface area contributed by atoms with Gasteiger partial charge in [-0.1, -0.05) is 237 Å². The smallest absolute Gasteiger partial charge is 0.306 e. The highest BCUT2D eigenvalue weighted by molar-refractivity contribution is 5.71. The van der Waals surface area contributed by atoms with Crippen LogP contribution in [0.1, 0.15) is 290 Å². The fraction of sp³-hybridized carbons (Fsp3) is 0.842. The topological polar surface area (TPSA) is 78.9 Å². The summed E-state index contributed by atoms with van der Waals surface area (Å²) in [5.74, 6) is -0.882. The summed E-state index contributed by atoms with van der Waals surface area (Å²) in [6, 6.07) is 0. The van der Waals surface area contributed by atoms with Crippen LogP contribution < -0.4 is 0 Å². The molecule has 1 unspecified atom stereocenters. The zero-order chi connectivity index (χ0) is 45.8. The summed E-state index contributed by atoms with van der Waals surface area (Å²) >= 11 is 0. The van der Waals surface area contributed by atoms with E-state index in [2.05, 4.69) is 57.2 Å². The van der Waals surface area contributed by atoms with E-state index in [1.165, 1.54) is 180 Å². The van der Waals surface area contributed by atoms with Crippen molar-refractivity contribution in [3.05, 3.63) is 36.5 Å². The van der Waals surface area contributed by atoms with Crippen LogP contribution in [-0.2, 0) is 28.6 Å². The van der Waals surface area contributed by atoms with Crippen LogP contribution in [0.3, 0.4) is 0 Å². The molecule has 1 atom stereocenters. The van der Waals surface area contributed by atoms with E-state index < -0.39 is 6.10 Å². The summed E-state index contributed by atoms with van der Waals surface area (Å²) in [6.45, 7) is 6.61. The Morgan fingerprint density at radius 2 is 0.571 bits per heavy atom. The van der Waals surface area contributed by atoms with Gasteiger partial charge in [-0.2, -0.15) is 0 Å². The molecule has 0 bridgehead atoms. The van der Waals surface area contributed by atoms with Crippen molar-refractivity contribution in [2.45, 2.75) is 297 Å². The van der Waals surface area contributed by atoms with Crippen LogP contribution in [-0.4, -0.2) is 37.2 Å². The highest BCUT2D eigenvalue weighted by Gasteiger charge is 2.19. The van der Waals surface area contributed by atoms with Gasteiger partial charge in [0, 0.05) is 19.3 Å². The fourth-order valence-corrected chi connectivity index (χ4v) is 7.96. The highest BCUT2D eigenvalue weighted by Crippen LogP contribution is 2.16. The van der Waals surface area contributed by atoms with Crippen LogP contribution in [0.25, 0.3) is 0 Å². The second-order valence-electron chi connectivity index (χ2n) is 18.5. The predicted molar refractivity (Wildman–Crippen MR) is 270 cm³/mol. The van der Waals surface area contributed by atoms with Gasteiger partial charge in [0.15, 0.2) is 6.10 Å². The Labute approximate surface area is 391 Å². The number of rotatable bonds is 50. The number of unbranched alkanes of at least 4 members (excludes halogenated alkanes) is 34. The summed E-state index contributed by atoms with van der Waals surface area (Å²) in [7, 11) is 0. The maximum absolute atomic E-state index is 12.8. The number of carbonyl (C=O) groups is 3. The standard InChI is InChI=1S/C57H104O6/c1-4-7-10-13-16-19-22-25-26-27-28-29-30-33-35-38-41-44-47-50-56(59)62-53-54(63-57(60)51-48-45-42-39-36-32-24-21-18-15-12-9-6-3)52-61-55(58)49-46-43-40-37-34-31-23-20-17-14-11-8-5-2/h16,19,22,25,32,36,54H,4-15,17-18,20-21,23-24,26-31,33-35,37-53H2,1-3H3/b19-16-,25-22-,36-32-. The minimum Gasteiger partial charge on any atom is -0.462 e. The van der Waals surface area contributed by atoms with E-state index in [4.69, 9.17) is 14.2 Å². The molecule has 0 radical (unpaired) electrons. The van der Waals surface area contributed by atoms with Crippen molar-refractivity contribution in [1.29, 1.82) is 0 Å². The van der Waals surface area contributed by atoms with E-state index >= 15 is 0 Å². The number of esters is 3. The molecule has 0 aromatic heterocycles. The number of carbonyl (C=O) groups excluding carboxylic acids is 3. The van der Waals surface area contributed by atoms with Gasteiger partial charge in [-0.25, -0.2) is 0 Å². The number of ether oxygens (including phenoxy) is 3. The van der Waals surface area contributed by atoms with E-state index in [1.807, 2.05) is 0 Å². The fourth-order valence-electron chi connectivity index (χ4n) is 7.96. The van der Waals surface area contributed by atoms with Crippen molar-refractivity contribution in [2.24, 2.45) is 0 Å². The first-order valence-electron chi connectivity index (χ1n) is 27.5. The van der Waals surface area contributed by atoms with E-state index in [1.54, 1.807) is 0 Å². The second kappa shape index (κ2) is 52.3. The molecule has 0 saturated carbocycles. The van der Waals surface area contributed by atoms with Crippen molar-refractivity contribution in [1.82, 2.24) is 0 Å². The van der Waals surface area contributed by atoms with Crippen LogP contribution in [0.15, 0.2) is 36.5 Å². The van der Waals surface area contributed by atoms with Gasteiger partial charge in [-0.05, 0) is 70.6 Å². The third-order valence-electron chi connectivity index (χ3n) is 12.1. The average molecular weight is 885 g/mol. The largest absolute Gasteiger partial charge is 0.462 e. The third kappa shape index (κ3) is 50.5. The molecule has 0 N–H and O–H groups in total. The molecule has 0 spiro atoms. The van der Waals surface area contributed by atoms with Gasteiger partial charge in [-0.15, -0.1) is 0 Å². The molecule has 0 rings (SSSR count). The van der Waals surface area contributed by atoms with E-state index in [-0.39, 0.29) is 31.1 Å². The molecule has 0 aliphatic carbocycles. The summed E-state index contributed by atoms with van der Waals surface area (Å²) < 4.78 is 16.8. The summed E-state index contributed by atoms with van der Waals surface area (Å²) in [4.78, 5) is 38.0. The Kier molecular flexibility index (Phi) is 50.3. The molecular weight excluding hydrogens is 781 g/mol. The SMILES string of the molecule is CCCCC/C=C\C=C/CCCCCCCCCCCCC(=O)OCC(COC(=O)CCCCCCCCCCCCCCC)OC(=O)CCCCC/C=C\CCCCCCCC. The van der Waals surface area contributed by atoms with E-state index in [0.717, 1.165) is 70.6 Å². The van der Waals surface area contributed by atoms with Crippen LogP contribution in [0, 0.1) is 0 Å². The van der Waals surface area contributed by atoms with Gasteiger partial charge in [0.25, 0.3) is 0 Å². The van der Waals surface area contributed by atoms with E-state index in [9.17, 15) is 14.4 Å². The molecule has 6 nitrogen and oxygen atoms in total. The van der Waals surface area contributed by atoms with Crippen molar-refractivity contribution >= 4 is 17.9 Å². The maximum Gasteiger partial charge on any atom is 0.306 e. The molecule has 0 fully saturated rings. The molecule has 0 amide bonds. The van der Waals surface area contributed by atoms with Crippen molar-refractivity contribution in [3.8, 4) is 0 Å². The Morgan fingerprint density at radius 3 is 0.937 bits per heavy atom. The summed E-state index contributed by atoms with van der Waals surface area (Å²) in [5.41, 5.74) is 0. The van der Waals surface area contributed by atoms with Crippen LogP contribution in [0.4, 0.5) is 0 Å². The van der Waals surface area contributed by atoms with Crippen molar-refractivity contribution in [3.63, 3.8) is 0 Å². The second-order valence-corrected chi connectivity index (χ2v) is 18.5. The Balaban J connectivity index is 4.33. The van der Waals surface area contributed by atoms with Crippen LogP contribution in [0.2, 0.25) is 0 Å². The molecule has 0 aliphatic rings. The normalized spacial score (nSPS) is 12.2. The third-order valence-corrected chi connectivity index (χ3v) is 12.1. The minimum atomic E-state index is -0.777. The Morgan fingerprint density at radius 1 is 0.317 bits per heavy atom. The lowest BCUT2D eigenvalue weighted by Gasteiger charge is -2.18. The van der Waals surface area contributed by atoms with Gasteiger partial charge < -0.3 is 14.2 Å². The minimum absolute atomic E-state index is 0.0758. The Hall–Kier alpha value is -2.37. The van der Waals surface area contributed by atoms with E-state index in [0.29, 0.717) is 19.3 Å². The van der Waals surface area contributed by atoms with Crippen LogP contribution in [0.5, 0.6) is 0 Å². The monoisotopic (exact) mass is 885 g/mol. The first-order chi connectivity index (χ1) is 31.0. The molecule has 0 aliphatic heterocycles. The van der Waals surface area contributed by atoms with Gasteiger partial charge in [-0.3, -0.25) is 14.4 Å². The first-order valence-corrected chi connectivity index (χ1v) is 27.5. The zero-order valence-corrected chi connectivity index (χ0v) is 42.1. The van der Waals surface area contributed by atoms with Crippen molar-refractivity contribution < 1.29 is 28.6 Å². The summed E-state index contributed by atoms with van der Waals surface area (Å²) in [6.07, 6.45) is 61.3. The van der Waals surface area contributed by atoms with Gasteiger partial charge in [0.05, 0.1) is 0 Å². The molecule has 368 valence electrons. The quantitative estimate of drug-likeness (QED) is 0.0199. The van der Waals surface area contributed by atoms with Gasteiger partial charge >= 0.3 is 17.9 Å². The first kappa shape index (κ1) is 60.6. The summed E-state index contributed by atoms with van der Waals surface area (Å²) in [5, 5.41) is 0. The van der Waals surface area contributed by atoms with Gasteiger partial charge in [0.1, 0.15) is 13.2 Å². The maximum atomic E-state index is 12.8. The number of hydrogen-bond acceptors (Lipinski definition) is 6. The Bertz CT molecular complexity index is 1060. The molecular formula is C57H104O6. The molecule has 0 saturated heterocycles.